The number of rotatable bonds is 9. The van der Waals surface area contributed by atoms with Gasteiger partial charge in [-0.15, -0.1) is 5.11 Å². The van der Waals surface area contributed by atoms with E-state index in [4.69, 9.17) is 0 Å². The molecule has 0 saturated carbocycles. The fourth-order valence-corrected chi connectivity index (χ4v) is 6.57. The summed E-state index contributed by atoms with van der Waals surface area (Å²) in [5, 5.41) is 34.0. The lowest BCUT2D eigenvalue weighted by Gasteiger charge is -2.13. The van der Waals surface area contributed by atoms with Crippen LogP contribution in [0.25, 0.3) is 10.8 Å². The molecule has 0 saturated heterocycles. The Morgan fingerprint density at radius 1 is 0.848 bits per heavy atom. The van der Waals surface area contributed by atoms with E-state index in [2.05, 4.69) is 20.3 Å². The molecule has 234 valence electrons. The van der Waals surface area contributed by atoms with Gasteiger partial charge in [-0.25, -0.2) is 8.42 Å². The maximum absolute atomic E-state index is 13.3. The molecular formula is C30H23N5O9S2. The molecule has 0 aliphatic carbocycles. The van der Waals surface area contributed by atoms with Crippen molar-refractivity contribution in [2.75, 3.05) is 10.0 Å². The number of hydrogen-bond acceptors (Lipinski definition) is 10. The predicted molar refractivity (Wildman–Crippen MR) is 169 cm³/mol. The van der Waals surface area contributed by atoms with Gasteiger partial charge in [-0.3, -0.25) is 24.2 Å². The third-order valence-electron chi connectivity index (χ3n) is 6.69. The van der Waals surface area contributed by atoms with E-state index in [0.717, 1.165) is 12.1 Å². The Morgan fingerprint density at radius 3 is 2.30 bits per heavy atom. The highest BCUT2D eigenvalue weighted by atomic mass is 32.2. The second-order valence-electron chi connectivity index (χ2n) is 9.83. The highest BCUT2D eigenvalue weighted by Crippen LogP contribution is 2.40. The van der Waals surface area contributed by atoms with Gasteiger partial charge in [0.25, 0.3) is 31.7 Å². The monoisotopic (exact) mass is 661 g/mol. The maximum atomic E-state index is 13.3. The lowest BCUT2D eigenvalue weighted by molar-refractivity contribution is -0.384. The number of hydrogen-bond donors (Lipinski definition) is 4. The number of non-ortho nitro benzene ring substituents is 1. The Labute approximate surface area is 262 Å². The summed E-state index contributed by atoms with van der Waals surface area (Å²) in [6, 6.07) is 22.4. The minimum atomic E-state index is -4.74. The van der Waals surface area contributed by atoms with Gasteiger partial charge in [-0.2, -0.15) is 13.5 Å². The van der Waals surface area contributed by atoms with Crippen molar-refractivity contribution in [3.63, 3.8) is 0 Å². The number of aromatic hydroxyl groups is 1. The fraction of sp³-hybridized carbons (Fsp3) is 0.0333. The molecule has 5 aromatic rings. The number of para-hydroxylation sites is 1. The Kier molecular flexibility index (Phi) is 8.51. The van der Waals surface area contributed by atoms with Crippen molar-refractivity contribution in [1.82, 2.24) is 0 Å². The second-order valence-corrected chi connectivity index (χ2v) is 12.9. The zero-order valence-corrected chi connectivity index (χ0v) is 25.3. The van der Waals surface area contributed by atoms with Crippen LogP contribution in [0, 0.1) is 17.0 Å². The van der Waals surface area contributed by atoms with Crippen LogP contribution in [0.2, 0.25) is 0 Å². The number of benzene rings is 5. The standard InChI is InChI=1S/C30H23N5O9S2/c1-18-13-14-21(17-27(18)45(40,41)34-25-11-4-5-12-26(25)46(42,43)44)32-33-28-23-10-3-2-7-19(23)15-24(29(28)36)30(37)31-20-8-6-9-22(16-20)35(38)39/h2-17,34,36H,1H3,(H,31,37)(H,42,43,44). The molecular weight excluding hydrogens is 638 g/mol. The van der Waals surface area contributed by atoms with Crippen LogP contribution < -0.4 is 10.0 Å². The van der Waals surface area contributed by atoms with Crippen molar-refractivity contribution in [2.45, 2.75) is 16.7 Å². The third-order valence-corrected chi connectivity index (χ3v) is 9.11. The Hall–Kier alpha value is -5.71. The summed E-state index contributed by atoms with van der Waals surface area (Å²) in [5.74, 6) is -1.33. The number of anilines is 2. The lowest BCUT2D eigenvalue weighted by Crippen LogP contribution is -2.16. The normalized spacial score (nSPS) is 11.9. The van der Waals surface area contributed by atoms with Crippen LogP contribution in [0.15, 0.2) is 117 Å². The van der Waals surface area contributed by atoms with Crippen LogP contribution in [-0.2, 0) is 20.1 Å². The van der Waals surface area contributed by atoms with Crippen molar-refractivity contribution < 1.29 is 36.2 Å². The van der Waals surface area contributed by atoms with Crippen molar-refractivity contribution in [3.8, 4) is 5.75 Å². The van der Waals surface area contributed by atoms with Gasteiger partial charge in [-0.1, -0.05) is 48.5 Å². The predicted octanol–water partition coefficient (Wildman–Crippen LogP) is 6.48. The zero-order chi connectivity index (χ0) is 33.2. The summed E-state index contributed by atoms with van der Waals surface area (Å²) in [4.78, 5) is 22.8. The highest BCUT2D eigenvalue weighted by Gasteiger charge is 2.23. The lowest BCUT2D eigenvalue weighted by atomic mass is 10.0. The second kappa shape index (κ2) is 12.4. The number of aryl methyl sites for hydroxylation is 1. The molecule has 0 bridgehead atoms. The summed E-state index contributed by atoms with van der Waals surface area (Å²) in [6.07, 6.45) is 0. The van der Waals surface area contributed by atoms with Crippen molar-refractivity contribution in [2.24, 2.45) is 10.2 Å². The number of sulfonamides is 1. The quantitative estimate of drug-likeness (QED) is 0.0587. The molecule has 4 N–H and O–H groups in total. The first-order valence-electron chi connectivity index (χ1n) is 13.2. The van der Waals surface area contributed by atoms with Crippen LogP contribution in [0.4, 0.5) is 28.4 Å². The fourth-order valence-electron chi connectivity index (χ4n) is 4.51. The number of nitro groups is 1. The number of nitro benzene ring substituents is 1. The Bertz CT molecular complexity index is 2290. The smallest absolute Gasteiger partial charge is 0.296 e. The van der Waals surface area contributed by atoms with Crippen LogP contribution in [0.5, 0.6) is 5.75 Å². The maximum Gasteiger partial charge on any atom is 0.296 e. The first-order valence-corrected chi connectivity index (χ1v) is 16.1. The van der Waals surface area contributed by atoms with Gasteiger partial charge in [0.05, 0.1) is 26.8 Å². The number of amides is 1. The molecule has 46 heavy (non-hydrogen) atoms. The third kappa shape index (κ3) is 6.68. The van der Waals surface area contributed by atoms with E-state index in [1.165, 1.54) is 67.6 Å². The summed E-state index contributed by atoms with van der Waals surface area (Å²) in [7, 11) is -9.14. The van der Waals surface area contributed by atoms with Crippen LogP contribution in [0.1, 0.15) is 15.9 Å². The van der Waals surface area contributed by atoms with E-state index in [0.29, 0.717) is 10.8 Å². The van der Waals surface area contributed by atoms with E-state index >= 15 is 0 Å². The first-order chi connectivity index (χ1) is 21.7. The van der Waals surface area contributed by atoms with Crippen molar-refractivity contribution >= 4 is 65.3 Å². The summed E-state index contributed by atoms with van der Waals surface area (Å²) >= 11 is 0. The number of nitrogens with zero attached hydrogens (tertiary/aromatic N) is 3. The SMILES string of the molecule is Cc1ccc(N=Nc2c(O)c(C(=O)Nc3cccc([N+](=O)[O-])c3)cc3ccccc23)cc1S(=O)(=O)Nc1ccccc1S(=O)(=O)O. The molecule has 5 rings (SSSR count). The number of phenolic OH excluding ortho intramolecular Hbond substituents is 1. The Balaban J connectivity index is 1.51. The summed E-state index contributed by atoms with van der Waals surface area (Å²) < 4.78 is 61.8. The summed E-state index contributed by atoms with van der Waals surface area (Å²) in [6.45, 7) is 1.51. The number of carbonyl (C=O) groups is 1. The van der Waals surface area contributed by atoms with Gasteiger partial charge < -0.3 is 10.4 Å². The van der Waals surface area contributed by atoms with E-state index in [1.54, 1.807) is 24.3 Å². The number of azo groups is 1. The molecule has 0 unspecified atom stereocenters. The molecule has 0 fully saturated rings. The van der Waals surface area contributed by atoms with Crippen LogP contribution >= 0.6 is 0 Å². The molecule has 0 aliphatic heterocycles. The highest BCUT2D eigenvalue weighted by molar-refractivity contribution is 7.93. The average Bonchev–Trinajstić information content (AvgIpc) is 3.00. The first kappa shape index (κ1) is 31.7. The van der Waals surface area contributed by atoms with Gasteiger partial charge in [0, 0.05) is 23.2 Å². The molecule has 0 atom stereocenters. The van der Waals surface area contributed by atoms with E-state index < -0.39 is 41.6 Å². The molecule has 5 aromatic carbocycles. The molecule has 16 heteroatoms. The molecule has 0 spiro atoms. The molecule has 1 amide bonds. The van der Waals surface area contributed by atoms with Gasteiger partial charge in [0.1, 0.15) is 10.6 Å². The topological polar surface area (TPSA) is 218 Å². The molecule has 0 aliphatic rings. The van der Waals surface area contributed by atoms with Gasteiger partial charge in [0.15, 0.2) is 5.75 Å². The van der Waals surface area contributed by atoms with Crippen LogP contribution in [-0.4, -0.2) is 37.3 Å². The van der Waals surface area contributed by atoms with Crippen molar-refractivity contribution in [1.29, 1.82) is 0 Å². The van der Waals surface area contributed by atoms with Crippen LogP contribution in [0.3, 0.4) is 0 Å². The van der Waals surface area contributed by atoms with Crippen molar-refractivity contribution in [3.05, 3.63) is 118 Å². The number of nitrogens with one attached hydrogen (secondary N) is 2. The molecule has 0 heterocycles. The minimum absolute atomic E-state index is 0.0315. The zero-order valence-electron chi connectivity index (χ0n) is 23.6. The van der Waals surface area contributed by atoms with Gasteiger partial charge in [-0.05, 0) is 54.3 Å². The van der Waals surface area contributed by atoms with Gasteiger partial charge >= 0.3 is 0 Å². The molecule has 0 aromatic heterocycles. The molecule has 14 nitrogen and oxygen atoms in total. The number of phenols is 1. The summed E-state index contributed by atoms with van der Waals surface area (Å²) in [5.41, 5.74) is -0.482. The Morgan fingerprint density at radius 2 is 1.57 bits per heavy atom. The average molecular weight is 662 g/mol. The minimum Gasteiger partial charge on any atom is -0.505 e. The number of fused-ring (bicyclic) bond motifs is 1. The van der Waals surface area contributed by atoms with Gasteiger partial charge in [0.2, 0.25) is 0 Å². The molecule has 0 radical (unpaired) electrons. The van der Waals surface area contributed by atoms with E-state index in [1.807, 2.05) is 0 Å². The largest absolute Gasteiger partial charge is 0.505 e. The number of carbonyl (C=O) groups excluding carboxylic acids is 1. The van der Waals surface area contributed by atoms with E-state index in [-0.39, 0.29) is 44.5 Å². The van der Waals surface area contributed by atoms with E-state index in [9.17, 15) is 41.4 Å².